The summed E-state index contributed by atoms with van der Waals surface area (Å²) in [6, 6.07) is 11.8. The minimum Gasteiger partial charge on any atom is -0.372 e. The molecule has 2 aromatic heterocycles. The first-order chi connectivity index (χ1) is 13.7. The summed E-state index contributed by atoms with van der Waals surface area (Å²) in [6.45, 7) is 4.02. The van der Waals surface area contributed by atoms with E-state index in [1.807, 2.05) is 0 Å². The summed E-state index contributed by atoms with van der Waals surface area (Å²) in [5.41, 5.74) is 3.39. The molecule has 0 aliphatic carbocycles. The van der Waals surface area contributed by atoms with E-state index in [9.17, 15) is 4.79 Å². The SMILES string of the molecule is Cc1cc(NC(=O)c2cncc(Nc3ccc(N4CCCCC4)cc3)c2)no1. The molecular weight excluding hydrogens is 354 g/mol. The Morgan fingerprint density at radius 3 is 2.54 bits per heavy atom. The van der Waals surface area contributed by atoms with Crippen LogP contribution in [0.1, 0.15) is 35.4 Å². The summed E-state index contributed by atoms with van der Waals surface area (Å²) in [6.07, 6.45) is 7.05. The zero-order chi connectivity index (χ0) is 19.3. The van der Waals surface area contributed by atoms with Gasteiger partial charge in [-0.15, -0.1) is 0 Å². The number of nitrogens with one attached hydrogen (secondary N) is 2. The van der Waals surface area contributed by atoms with Crippen LogP contribution in [0.3, 0.4) is 0 Å². The molecule has 1 fully saturated rings. The van der Waals surface area contributed by atoms with E-state index in [-0.39, 0.29) is 5.91 Å². The number of nitrogens with zero attached hydrogens (tertiary/aromatic N) is 3. The Bertz CT molecular complexity index is 945. The van der Waals surface area contributed by atoms with Crippen LogP contribution in [0.4, 0.5) is 22.9 Å². The van der Waals surface area contributed by atoms with Gasteiger partial charge >= 0.3 is 0 Å². The molecule has 1 aliphatic rings. The average Bonchev–Trinajstić information content (AvgIpc) is 3.14. The van der Waals surface area contributed by atoms with Crippen LogP contribution in [0.25, 0.3) is 0 Å². The van der Waals surface area contributed by atoms with Crippen molar-refractivity contribution in [1.82, 2.24) is 10.1 Å². The minimum atomic E-state index is -0.287. The van der Waals surface area contributed by atoms with E-state index in [2.05, 4.69) is 49.9 Å². The third-order valence-corrected chi connectivity index (χ3v) is 4.75. The predicted octanol–water partition coefficient (Wildman–Crippen LogP) is 4.36. The van der Waals surface area contributed by atoms with Gasteiger partial charge in [0.1, 0.15) is 5.76 Å². The second-order valence-corrected chi connectivity index (χ2v) is 6.96. The van der Waals surface area contributed by atoms with Crippen molar-refractivity contribution in [3.05, 3.63) is 60.1 Å². The molecule has 4 rings (SSSR count). The van der Waals surface area contributed by atoms with Crippen LogP contribution in [0.2, 0.25) is 0 Å². The molecule has 0 radical (unpaired) electrons. The number of anilines is 4. The fourth-order valence-electron chi connectivity index (χ4n) is 3.32. The smallest absolute Gasteiger partial charge is 0.258 e. The highest BCUT2D eigenvalue weighted by molar-refractivity contribution is 6.04. The van der Waals surface area contributed by atoms with Gasteiger partial charge in [0.15, 0.2) is 5.82 Å². The maximum absolute atomic E-state index is 12.4. The molecule has 0 unspecified atom stereocenters. The fourth-order valence-corrected chi connectivity index (χ4v) is 3.32. The summed E-state index contributed by atoms with van der Waals surface area (Å²) in [7, 11) is 0. The molecule has 144 valence electrons. The third kappa shape index (κ3) is 4.31. The van der Waals surface area contributed by atoms with Crippen LogP contribution >= 0.6 is 0 Å². The van der Waals surface area contributed by atoms with Crippen LogP contribution in [-0.4, -0.2) is 29.1 Å². The molecule has 0 atom stereocenters. The summed E-state index contributed by atoms with van der Waals surface area (Å²) in [5.74, 6) is 0.732. The number of rotatable bonds is 5. The topological polar surface area (TPSA) is 83.3 Å². The Morgan fingerprint density at radius 2 is 1.82 bits per heavy atom. The van der Waals surface area contributed by atoms with Crippen molar-refractivity contribution in [1.29, 1.82) is 0 Å². The highest BCUT2D eigenvalue weighted by Gasteiger charge is 2.12. The Morgan fingerprint density at radius 1 is 1.04 bits per heavy atom. The van der Waals surface area contributed by atoms with E-state index in [4.69, 9.17) is 4.52 Å². The number of carbonyl (C=O) groups excluding carboxylic acids is 1. The van der Waals surface area contributed by atoms with Gasteiger partial charge in [-0.3, -0.25) is 9.78 Å². The number of aromatic nitrogens is 2. The molecule has 7 heteroatoms. The molecule has 0 bridgehead atoms. The highest BCUT2D eigenvalue weighted by atomic mass is 16.5. The first kappa shape index (κ1) is 18.0. The van der Waals surface area contributed by atoms with Gasteiger partial charge < -0.3 is 20.1 Å². The van der Waals surface area contributed by atoms with Crippen molar-refractivity contribution in [3.63, 3.8) is 0 Å². The van der Waals surface area contributed by atoms with Crippen LogP contribution in [0, 0.1) is 6.92 Å². The molecule has 0 saturated carbocycles. The second kappa shape index (κ2) is 8.12. The number of benzene rings is 1. The number of hydrogen-bond acceptors (Lipinski definition) is 6. The lowest BCUT2D eigenvalue weighted by Crippen LogP contribution is -2.29. The molecule has 1 saturated heterocycles. The Labute approximate surface area is 163 Å². The number of aryl methyl sites for hydroxylation is 1. The van der Waals surface area contributed by atoms with Crippen molar-refractivity contribution in [2.75, 3.05) is 28.6 Å². The Balaban J connectivity index is 1.42. The van der Waals surface area contributed by atoms with E-state index in [1.165, 1.54) is 31.1 Å². The van der Waals surface area contributed by atoms with Crippen molar-refractivity contribution in [3.8, 4) is 0 Å². The summed E-state index contributed by atoms with van der Waals surface area (Å²) in [5, 5.41) is 9.77. The Hall–Kier alpha value is -3.35. The zero-order valence-corrected chi connectivity index (χ0v) is 15.8. The van der Waals surface area contributed by atoms with E-state index < -0.39 is 0 Å². The van der Waals surface area contributed by atoms with Crippen molar-refractivity contribution < 1.29 is 9.32 Å². The van der Waals surface area contributed by atoms with Crippen molar-refractivity contribution >= 4 is 28.8 Å². The average molecular weight is 377 g/mol. The standard InChI is InChI=1S/C21H23N5O2/c1-15-11-20(25-28-15)24-21(27)16-12-18(14-22-13-16)23-17-5-7-19(8-6-17)26-9-3-2-4-10-26/h5-8,11-14,23H,2-4,9-10H2,1H3,(H,24,25,27). The summed E-state index contributed by atoms with van der Waals surface area (Å²) >= 11 is 0. The monoisotopic (exact) mass is 377 g/mol. The van der Waals surface area contributed by atoms with Gasteiger partial charge in [-0.1, -0.05) is 5.16 Å². The molecule has 3 heterocycles. The zero-order valence-electron chi connectivity index (χ0n) is 15.8. The van der Waals surface area contributed by atoms with Gasteiger partial charge in [-0.25, -0.2) is 0 Å². The van der Waals surface area contributed by atoms with Crippen LogP contribution in [0.5, 0.6) is 0 Å². The second-order valence-electron chi connectivity index (χ2n) is 6.96. The maximum atomic E-state index is 12.4. The molecular formula is C21H23N5O2. The molecule has 2 N–H and O–H groups in total. The van der Waals surface area contributed by atoms with Gasteiger partial charge in [-0.05, 0) is 56.5 Å². The predicted molar refractivity (Wildman–Crippen MR) is 109 cm³/mol. The van der Waals surface area contributed by atoms with Gasteiger partial charge in [0.2, 0.25) is 0 Å². The fraction of sp³-hybridized carbons (Fsp3) is 0.286. The van der Waals surface area contributed by atoms with E-state index in [0.29, 0.717) is 17.1 Å². The number of pyridine rings is 1. The van der Waals surface area contributed by atoms with E-state index >= 15 is 0 Å². The minimum absolute atomic E-state index is 0.287. The first-order valence-electron chi connectivity index (χ1n) is 9.49. The summed E-state index contributed by atoms with van der Waals surface area (Å²) < 4.78 is 4.96. The van der Waals surface area contributed by atoms with Gasteiger partial charge in [0.05, 0.1) is 17.4 Å². The number of carbonyl (C=O) groups is 1. The van der Waals surface area contributed by atoms with E-state index in [0.717, 1.165) is 24.5 Å². The molecule has 1 amide bonds. The van der Waals surface area contributed by atoms with Crippen LogP contribution < -0.4 is 15.5 Å². The van der Waals surface area contributed by atoms with E-state index in [1.54, 1.807) is 25.3 Å². The van der Waals surface area contributed by atoms with Crippen LogP contribution in [0.15, 0.2) is 53.3 Å². The summed E-state index contributed by atoms with van der Waals surface area (Å²) in [4.78, 5) is 19.0. The largest absolute Gasteiger partial charge is 0.372 e. The van der Waals surface area contributed by atoms with Gasteiger partial charge in [-0.2, -0.15) is 0 Å². The number of hydrogen-bond donors (Lipinski definition) is 2. The normalized spacial score (nSPS) is 14.0. The molecule has 1 aliphatic heterocycles. The van der Waals surface area contributed by atoms with Crippen molar-refractivity contribution in [2.24, 2.45) is 0 Å². The quantitative estimate of drug-likeness (QED) is 0.687. The maximum Gasteiger partial charge on any atom is 0.258 e. The van der Waals surface area contributed by atoms with Gasteiger partial charge in [0.25, 0.3) is 5.91 Å². The molecule has 3 aromatic rings. The highest BCUT2D eigenvalue weighted by Crippen LogP contribution is 2.24. The van der Waals surface area contributed by atoms with Crippen molar-refractivity contribution in [2.45, 2.75) is 26.2 Å². The first-order valence-corrected chi connectivity index (χ1v) is 9.49. The molecule has 7 nitrogen and oxygen atoms in total. The molecule has 28 heavy (non-hydrogen) atoms. The third-order valence-electron chi connectivity index (χ3n) is 4.75. The molecule has 1 aromatic carbocycles. The Kier molecular flexibility index (Phi) is 5.23. The number of piperidine rings is 1. The van der Waals surface area contributed by atoms with Crippen LogP contribution in [-0.2, 0) is 0 Å². The molecule has 0 spiro atoms. The lowest BCUT2D eigenvalue weighted by Gasteiger charge is -2.28. The number of amides is 1. The lowest BCUT2D eigenvalue weighted by atomic mass is 10.1. The van der Waals surface area contributed by atoms with Gasteiger partial charge in [0, 0.05) is 36.7 Å². The lowest BCUT2D eigenvalue weighted by molar-refractivity contribution is 0.102.